The molecule has 1 aromatic heterocycles. The highest BCUT2D eigenvalue weighted by Crippen LogP contribution is 2.24. The van der Waals surface area contributed by atoms with E-state index in [9.17, 15) is 14.7 Å². The first-order valence-electron chi connectivity index (χ1n) is 7.89. The van der Waals surface area contributed by atoms with Crippen molar-refractivity contribution in [3.05, 3.63) is 81.5 Å². The standard InChI is InChI=1S/C20H14N2O4S/c21-11-13-3-5-14(6-4-13)19(23)22-18-8-7-15(10-17(18)20(24)25)26-12-16-2-1-9-27-16/h1-10H,12H2,(H,22,23)(H,24,25)/p-1. The number of rotatable bonds is 6. The third-order valence-electron chi connectivity index (χ3n) is 3.70. The van der Waals surface area contributed by atoms with E-state index in [4.69, 9.17) is 10.00 Å². The number of ether oxygens (including phenoxy) is 1. The minimum absolute atomic E-state index is 0.104. The fraction of sp³-hybridized carbons (Fsp3) is 0.0500. The van der Waals surface area contributed by atoms with Gasteiger partial charge in [-0.1, -0.05) is 6.07 Å². The number of carboxylic acids is 1. The zero-order valence-electron chi connectivity index (χ0n) is 14.0. The SMILES string of the molecule is N#Cc1ccc(C(=O)Nc2ccc(OCc3cccs3)cc2C(=O)[O-])cc1. The van der Waals surface area contributed by atoms with Crippen LogP contribution in [0.4, 0.5) is 5.69 Å². The molecule has 1 amide bonds. The molecule has 0 aliphatic heterocycles. The summed E-state index contributed by atoms with van der Waals surface area (Å²) in [5, 5.41) is 24.7. The fourth-order valence-electron chi connectivity index (χ4n) is 2.33. The smallest absolute Gasteiger partial charge is 0.255 e. The van der Waals surface area contributed by atoms with E-state index in [1.165, 1.54) is 47.7 Å². The second kappa shape index (κ2) is 8.17. The van der Waals surface area contributed by atoms with E-state index in [1.807, 2.05) is 23.6 Å². The van der Waals surface area contributed by atoms with Crippen molar-refractivity contribution in [1.29, 1.82) is 5.26 Å². The Kier molecular flexibility index (Phi) is 5.50. The minimum Gasteiger partial charge on any atom is -0.545 e. The monoisotopic (exact) mass is 377 g/mol. The first kappa shape index (κ1) is 18.2. The van der Waals surface area contributed by atoms with Crippen molar-refractivity contribution in [1.82, 2.24) is 0 Å². The Morgan fingerprint density at radius 3 is 2.56 bits per heavy atom. The highest BCUT2D eigenvalue weighted by molar-refractivity contribution is 7.09. The van der Waals surface area contributed by atoms with Gasteiger partial charge in [-0.25, -0.2) is 0 Å². The van der Waals surface area contributed by atoms with E-state index >= 15 is 0 Å². The number of nitrogens with one attached hydrogen (secondary N) is 1. The highest BCUT2D eigenvalue weighted by Gasteiger charge is 2.11. The molecule has 3 aromatic rings. The van der Waals surface area contributed by atoms with Crippen molar-refractivity contribution in [2.75, 3.05) is 5.32 Å². The molecule has 0 saturated carbocycles. The van der Waals surface area contributed by atoms with Crippen LogP contribution in [0.3, 0.4) is 0 Å². The molecule has 0 saturated heterocycles. The summed E-state index contributed by atoms with van der Waals surface area (Å²) in [6, 6.07) is 16.1. The fourth-order valence-corrected chi connectivity index (χ4v) is 2.95. The zero-order chi connectivity index (χ0) is 19.2. The van der Waals surface area contributed by atoms with Gasteiger partial charge in [0.1, 0.15) is 12.4 Å². The van der Waals surface area contributed by atoms with E-state index in [0.29, 0.717) is 23.5 Å². The van der Waals surface area contributed by atoms with Gasteiger partial charge in [0.2, 0.25) is 0 Å². The van der Waals surface area contributed by atoms with Crippen molar-refractivity contribution in [3.8, 4) is 11.8 Å². The van der Waals surface area contributed by atoms with E-state index < -0.39 is 11.9 Å². The summed E-state index contributed by atoms with van der Waals surface area (Å²) in [6.07, 6.45) is 0. The topological polar surface area (TPSA) is 102 Å². The quantitative estimate of drug-likeness (QED) is 0.712. The summed E-state index contributed by atoms with van der Waals surface area (Å²) in [7, 11) is 0. The van der Waals surface area contributed by atoms with E-state index in [1.54, 1.807) is 6.07 Å². The lowest BCUT2D eigenvalue weighted by atomic mass is 10.1. The third kappa shape index (κ3) is 4.51. The lowest BCUT2D eigenvalue weighted by Crippen LogP contribution is -2.25. The minimum atomic E-state index is -1.42. The number of aromatic carboxylic acids is 1. The van der Waals surface area contributed by atoms with Crippen LogP contribution < -0.4 is 15.2 Å². The van der Waals surface area contributed by atoms with Gasteiger partial charge in [-0.3, -0.25) is 4.79 Å². The van der Waals surface area contributed by atoms with Crippen LogP contribution in [0.25, 0.3) is 0 Å². The normalized spacial score (nSPS) is 10.0. The average molecular weight is 377 g/mol. The summed E-state index contributed by atoms with van der Waals surface area (Å²) < 4.78 is 5.59. The first-order valence-corrected chi connectivity index (χ1v) is 8.77. The molecule has 0 aliphatic rings. The molecule has 7 heteroatoms. The Bertz CT molecular complexity index is 1010. The van der Waals surface area contributed by atoms with Crippen LogP contribution in [0.1, 0.15) is 31.2 Å². The number of thiophene rings is 1. The van der Waals surface area contributed by atoms with Crippen LogP contribution in [0.15, 0.2) is 60.0 Å². The Balaban J connectivity index is 1.76. The van der Waals surface area contributed by atoms with Gasteiger partial charge in [0.05, 0.1) is 23.3 Å². The van der Waals surface area contributed by atoms with Crippen LogP contribution in [0.5, 0.6) is 5.75 Å². The Morgan fingerprint density at radius 1 is 1.15 bits per heavy atom. The van der Waals surface area contributed by atoms with Crippen molar-refractivity contribution in [2.45, 2.75) is 6.61 Å². The molecule has 0 unspecified atom stereocenters. The molecule has 0 aliphatic carbocycles. The number of hydrogen-bond acceptors (Lipinski definition) is 6. The van der Waals surface area contributed by atoms with E-state index in [2.05, 4.69) is 5.32 Å². The van der Waals surface area contributed by atoms with Gasteiger partial charge in [-0.05, 0) is 53.9 Å². The van der Waals surface area contributed by atoms with E-state index in [-0.39, 0.29) is 11.3 Å². The summed E-state index contributed by atoms with van der Waals surface area (Å²) >= 11 is 1.53. The number of benzene rings is 2. The maximum atomic E-state index is 12.3. The third-order valence-corrected chi connectivity index (χ3v) is 4.55. The molecule has 0 radical (unpaired) electrons. The summed E-state index contributed by atoms with van der Waals surface area (Å²) in [5.41, 5.74) is 0.652. The Hall–Kier alpha value is -3.63. The Morgan fingerprint density at radius 2 is 1.93 bits per heavy atom. The number of carbonyl (C=O) groups is 2. The summed E-state index contributed by atoms with van der Waals surface area (Å²) in [5.74, 6) is -1.56. The number of carboxylic acid groups (broad SMARTS) is 1. The van der Waals surface area contributed by atoms with Crippen LogP contribution in [-0.2, 0) is 6.61 Å². The number of anilines is 1. The molecule has 0 fully saturated rings. The van der Waals surface area contributed by atoms with Gasteiger partial charge < -0.3 is 20.0 Å². The van der Waals surface area contributed by atoms with Crippen LogP contribution in [0.2, 0.25) is 0 Å². The number of amides is 1. The largest absolute Gasteiger partial charge is 0.545 e. The number of hydrogen-bond donors (Lipinski definition) is 1. The van der Waals surface area contributed by atoms with Crippen molar-refractivity contribution >= 4 is 28.9 Å². The second-order valence-corrected chi connectivity index (χ2v) is 6.54. The average Bonchev–Trinajstić information content (AvgIpc) is 3.20. The summed E-state index contributed by atoms with van der Waals surface area (Å²) in [4.78, 5) is 24.8. The lowest BCUT2D eigenvalue weighted by Gasteiger charge is -2.14. The van der Waals surface area contributed by atoms with Gasteiger partial charge in [0, 0.05) is 16.0 Å². The molecule has 1 N–H and O–H groups in total. The molecule has 0 atom stereocenters. The molecule has 0 bridgehead atoms. The van der Waals surface area contributed by atoms with Gasteiger partial charge >= 0.3 is 0 Å². The van der Waals surface area contributed by atoms with Gasteiger partial charge in [0.25, 0.3) is 5.91 Å². The van der Waals surface area contributed by atoms with Gasteiger partial charge in [0.15, 0.2) is 0 Å². The predicted octanol–water partition coefficient (Wildman–Crippen LogP) is 2.81. The maximum Gasteiger partial charge on any atom is 0.255 e. The predicted molar refractivity (Wildman–Crippen MR) is 98.5 cm³/mol. The number of nitriles is 1. The van der Waals surface area contributed by atoms with Gasteiger partial charge in [-0.2, -0.15) is 5.26 Å². The number of carbonyl (C=O) groups excluding carboxylic acids is 2. The number of nitrogens with zero attached hydrogens (tertiary/aromatic N) is 1. The van der Waals surface area contributed by atoms with Crippen LogP contribution in [0, 0.1) is 11.3 Å². The molecule has 6 nitrogen and oxygen atoms in total. The molecule has 134 valence electrons. The van der Waals surface area contributed by atoms with Crippen molar-refractivity contribution in [3.63, 3.8) is 0 Å². The van der Waals surface area contributed by atoms with Crippen LogP contribution in [-0.4, -0.2) is 11.9 Å². The first-order chi connectivity index (χ1) is 13.1. The van der Waals surface area contributed by atoms with Crippen molar-refractivity contribution < 1.29 is 19.4 Å². The second-order valence-electron chi connectivity index (χ2n) is 5.51. The maximum absolute atomic E-state index is 12.3. The molecular weight excluding hydrogens is 364 g/mol. The Labute approximate surface area is 159 Å². The molecular formula is C20H13N2O4S-. The van der Waals surface area contributed by atoms with Gasteiger partial charge in [-0.15, -0.1) is 11.3 Å². The molecule has 1 heterocycles. The van der Waals surface area contributed by atoms with E-state index in [0.717, 1.165) is 4.88 Å². The summed E-state index contributed by atoms with van der Waals surface area (Å²) in [6.45, 7) is 0.321. The molecule has 3 rings (SSSR count). The molecule has 2 aromatic carbocycles. The van der Waals surface area contributed by atoms with Crippen molar-refractivity contribution in [2.24, 2.45) is 0 Å². The van der Waals surface area contributed by atoms with Crippen LogP contribution >= 0.6 is 11.3 Å². The highest BCUT2D eigenvalue weighted by atomic mass is 32.1. The molecule has 0 spiro atoms. The molecule has 27 heavy (non-hydrogen) atoms. The lowest BCUT2D eigenvalue weighted by molar-refractivity contribution is -0.254. The zero-order valence-corrected chi connectivity index (χ0v) is 14.8.